The Labute approximate surface area is 205 Å². The molecule has 2 aliphatic rings. The maximum Gasteiger partial charge on any atom is 0.205 e. The molecular formula is C27H29N3OS2. The van der Waals surface area contributed by atoms with Crippen molar-refractivity contribution in [1.82, 2.24) is 4.90 Å². The second-order valence-corrected chi connectivity index (χ2v) is 9.97. The summed E-state index contributed by atoms with van der Waals surface area (Å²) < 4.78 is 6.16. The van der Waals surface area contributed by atoms with Crippen LogP contribution in [0.15, 0.2) is 86.7 Å². The molecule has 0 bridgehead atoms. The molecule has 1 unspecified atom stereocenters. The fourth-order valence-electron chi connectivity index (χ4n) is 4.49. The van der Waals surface area contributed by atoms with Gasteiger partial charge in [0.1, 0.15) is 17.4 Å². The Balaban J connectivity index is 1.82. The number of benzene rings is 2. The highest BCUT2D eigenvalue weighted by atomic mass is 32.2. The van der Waals surface area contributed by atoms with Gasteiger partial charge in [0.2, 0.25) is 5.88 Å². The third-order valence-electron chi connectivity index (χ3n) is 6.05. The van der Waals surface area contributed by atoms with Crippen LogP contribution in [-0.4, -0.2) is 37.0 Å². The zero-order chi connectivity index (χ0) is 23.4. The molecular weight excluding hydrogens is 446 g/mol. The molecule has 0 saturated carbocycles. The van der Waals surface area contributed by atoms with Crippen LogP contribution in [0.1, 0.15) is 30.4 Å². The van der Waals surface area contributed by atoms with Crippen LogP contribution >= 0.6 is 23.5 Å². The van der Waals surface area contributed by atoms with Crippen molar-refractivity contribution >= 4 is 29.6 Å². The Morgan fingerprint density at radius 3 is 2.27 bits per heavy atom. The monoisotopic (exact) mass is 475 g/mol. The van der Waals surface area contributed by atoms with E-state index in [0.717, 1.165) is 54.1 Å². The second-order valence-electron chi connectivity index (χ2n) is 8.21. The predicted octanol–water partition coefficient (Wildman–Crippen LogP) is 6.00. The van der Waals surface area contributed by atoms with Gasteiger partial charge < -0.3 is 10.5 Å². The highest BCUT2D eigenvalue weighted by Gasteiger charge is 2.37. The normalized spacial score (nSPS) is 19.9. The van der Waals surface area contributed by atoms with Gasteiger partial charge >= 0.3 is 0 Å². The summed E-state index contributed by atoms with van der Waals surface area (Å²) in [5.41, 5.74) is 11.2. The average molecular weight is 476 g/mol. The maximum absolute atomic E-state index is 9.98. The summed E-state index contributed by atoms with van der Waals surface area (Å²) in [6.07, 6.45) is 7.41. The predicted molar refractivity (Wildman–Crippen MR) is 139 cm³/mol. The fourth-order valence-corrected chi connectivity index (χ4v) is 5.31. The first-order valence-electron chi connectivity index (χ1n) is 11.1. The summed E-state index contributed by atoms with van der Waals surface area (Å²) in [5.74, 6) is 0.839. The molecule has 0 amide bonds. The van der Waals surface area contributed by atoms with Crippen LogP contribution in [-0.2, 0) is 4.74 Å². The van der Waals surface area contributed by atoms with Gasteiger partial charge in [-0.15, -0.1) is 23.5 Å². The highest BCUT2D eigenvalue weighted by Crippen LogP contribution is 2.44. The molecule has 0 saturated heterocycles. The van der Waals surface area contributed by atoms with Crippen molar-refractivity contribution in [1.29, 1.82) is 5.26 Å². The van der Waals surface area contributed by atoms with Crippen LogP contribution < -0.4 is 5.73 Å². The highest BCUT2D eigenvalue weighted by molar-refractivity contribution is 7.98. The Hall–Kier alpha value is -2.59. The third-order valence-corrected chi connectivity index (χ3v) is 7.54. The van der Waals surface area contributed by atoms with Crippen LogP contribution in [0.3, 0.4) is 0 Å². The molecule has 2 aromatic rings. The first-order valence-corrected chi connectivity index (χ1v) is 13.5. The molecule has 0 spiro atoms. The summed E-state index contributed by atoms with van der Waals surface area (Å²) >= 11 is 3.44. The number of thioether (sulfide) groups is 2. The summed E-state index contributed by atoms with van der Waals surface area (Å²) in [7, 11) is 0. The van der Waals surface area contributed by atoms with E-state index in [4.69, 9.17) is 10.5 Å². The second kappa shape index (κ2) is 10.6. The van der Waals surface area contributed by atoms with Crippen molar-refractivity contribution in [2.75, 3.05) is 32.1 Å². The van der Waals surface area contributed by atoms with E-state index in [1.807, 2.05) is 0 Å². The van der Waals surface area contributed by atoms with E-state index in [0.29, 0.717) is 5.57 Å². The van der Waals surface area contributed by atoms with Crippen molar-refractivity contribution in [2.24, 2.45) is 5.73 Å². The van der Waals surface area contributed by atoms with Crippen LogP contribution in [0, 0.1) is 11.3 Å². The lowest BCUT2D eigenvalue weighted by Crippen LogP contribution is -2.38. The first kappa shape index (κ1) is 23.6. The Morgan fingerprint density at radius 1 is 1.06 bits per heavy atom. The molecule has 33 heavy (non-hydrogen) atoms. The van der Waals surface area contributed by atoms with E-state index < -0.39 is 0 Å². The van der Waals surface area contributed by atoms with Gasteiger partial charge in [0.05, 0.1) is 5.92 Å². The minimum atomic E-state index is -0.198. The molecule has 4 nitrogen and oxygen atoms in total. The molecule has 2 heterocycles. The molecule has 2 aliphatic heterocycles. The topological polar surface area (TPSA) is 62.3 Å². The van der Waals surface area contributed by atoms with E-state index in [2.05, 4.69) is 85.0 Å². The zero-order valence-corrected chi connectivity index (χ0v) is 20.9. The van der Waals surface area contributed by atoms with Gasteiger partial charge in [0.15, 0.2) is 0 Å². The van der Waals surface area contributed by atoms with E-state index in [1.165, 1.54) is 9.79 Å². The van der Waals surface area contributed by atoms with Gasteiger partial charge in [0.25, 0.3) is 0 Å². The minimum Gasteiger partial charge on any atom is -0.440 e. The quantitative estimate of drug-likeness (QED) is 0.517. The average Bonchev–Trinajstić information content (AvgIpc) is 2.84. The van der Waals surface area contributed by atoms with Gasteiger partial charge in [-0.25, -0.2) is 0 Å². The van der Waals surface area contributed by atoms with Crippen molar-refractivity contribution in [3.8, 4) is 6.07 Å². The molecule has 170 valence electrons. The Kier molecular flexibility index (Phi) is 7.54. The number of allylic oxidation sites excluding steroid dienone is 1. The molecule has 0 aliphatic carbocycles. The number of hydrogen-bond acceptors (Lipinski definition) is 6. The van der Waals surface area contributed by atoms with Crippen LogP contribution in [0.5, 0.6) is 0 Å². The van der Waals surface area contributed by atoms with E-state index in [1.54, 1.807) is 23.5 Å². The SMILES string of the molecule is CCCN1CC2=C(OC(N)=C(C#N)C2c2ccc(SC)cc2)/C(=C/c2ccc(SC)cc2)C1. The van der Waals surface area contributed by atoms with Gasteiger partial charge in [-0.05, 0) is 72.5 Å². The lowest BCUT2D eigenvalue weighted by Gasteiger charge is -2.38. The van der Waals surface area contributed by atoms with Crippen molar-refractivity contribution in [3.63, 3.8) is 0 Å². The first-order chi connectivity index (χ1) is 16.1. The van der Waals surface area contributed by atoms with E-state index in [-0.39, 0.29) is 11.8 Å². The number of nitriles is 1. The van der Waals surface area contributed by atoms with Gasteiger partial charge in [0, 0.05) is 28.5 Å². The van der Waals surface area contributed by atoms with Crippen molar-refractivity contribution in [2.45, 2.75) is 29.1 Å². The van der Waals surface area contributed by atoms with E-state index >= 15 is 0 Å². The number of hydrogen-bond donors (Lipinski definition) is 1. The van der Waals surface area contributed by atoms with Gasteiger partial charge in [-0.2, -0.15) is 5.26 Å². The van der Waals surface area contributed by atoms with Gasteiger partial charge in [-0.3, -0.25) is 4.90 Å². The Bertz CT molecular complexity index is 1140. The summed E-state index contributed by atoms with van der Waals surface area (Å²) in [6.45, 7) is 4.74. The van der Waals surface area contributed by atoms with Crippen molar-refractivity contribution in [3.05, 3.63) is 88.0 Å². The maximum atomic E-state index is 9.98. The number of ether oxygens (including phenoxy) is 1. The van der Waals surface area contributed by atoms with Gasteiger partial charge in [-0.1, -0.05) is 31.2 Å². The Morgan fingerprint density at radius 2 is 1.70 bits per heavy atom. The molecule has 0 aromatic heterocycles. The van der Waals surface area contributed by atoms with Crippen LogP contribution in [0.4, 0.5) is 0 Å². The lowest BCUT2D eigenvalue weighted by atomic mass is 9.80. The molecule has 2 N–H and O–H groups in total. The lowest BCUT2D eigenvalue weighted by molar-refractivity contribution is 0.234. The van der Waals surface area contributed by atoms with E-state index in [9.17, 15) is 5.26 Å². The smallest absolute Gasteiger partial charge is 0.205 e. The summed E-state index contributed by atoms with van der Waals surface area (Å²) in [5, 5.41) is 9.98. The minimum absolute atomic E-state index is 0.198. The van der Waals surface area contributed by atoms with Crippen molar-refractivity contribution < 1.29 is 4.74 Å². The fraction of sp³-hybridized carbons (Fsp3) is 0.296. The molecule has 0 fully saturated rings. The molecule has 4 rings (SSSR count). The number of nitrogens with two attached hydrogens (primary N) is 1. The number of rotatable bonds is 6. The summed E-state index contributed by atoms with van der Waals surface area (Å²) in [4.78, 5) is 4.87. The third kappa shape index (κ3) is 5.01. The summed E-state index contributed by atoms with van der Waals surface area (Å²) in [6, 6.07) is 19.3. The largest absolute Gasteiger partial charge is 0.440 e. The molecule has 2 aromatic carbocycles. The molecule has 0 radical (unpaired) electrons. The molecule has 1 atom stereocenters. The van der Waals surface area contributed by atoms with Crippen LogP contribution in [0.25, 0.3) is 6.08 Å². The zero-order valence-electron chi connectivity index (χ0n) is 19.3. The molecule has 6 heteroatoms. The van der Waals surface area contributed by atoms with Crippen LogP contribution in [0.2, 0.25) is 0 Å². The number of nitrogens with zero attached hydrogens (tertiary/aromatic N) is 2. The standard InChI is InChI=1S/C27H29N3OS2/c1-4-13-30-16-20(14-18-5-9-21(32-2)10-6-18)26-24(17-30)25(23(15-28)27(29)31-26)19-7-11-22(33-3)12-8-19/h5-12,14,25H,4,13,16-17,29H2,1-3H3/b20-14+.